The molecule has 3 aromatic rings. The summed E-state index contributed by atoms with van der Waals surface area (Å²) < 4.78 is 5.80. The Labute approximate surface area is 188 Å². The monoisotopic (exact) mass is 427 g/mol. The second kappa shape index (κ2) is 10.4. The summed E-state index contributed by atoms with van der Waals surface area (Å²) in [6.07, 6.45) is 10.9. The molecular formula is C28H27O2S+. The van der Waals surface area contributed by atoms with Gasteiger partial charge >= 0.3 is 5.97 Å². The summed E-state index contributed by atoms with van der Waals surface area (Å²) in [5, 5.41) is 0. The molecule has 1 aliphatic rings. The zero-order valence-electron chi connectivity index (χ0n) is 17.6. The Bertz CT molecular complexity index is 994. The van der Waals surface area contributed by atoms with Crippen molar-refractivity contribution in [3.05, 3.63) is 90.5 Å². The van der Waals surface area contributed by atoms with Crippen molar-refractivity contribution in [3.8, 4) is 12.3 Å². The summed E-state index contributed by atoms with van der Waals surface area (Å²) in [7, 11) is -0.308. The molecule has 3 heteroatoms. The first kappa shape index (κ1) is 21.3. The third-order valence-corrected chi connectivity index (χ3v) is 7.95. The molecule has 0 aromatic heterocycles. The minimum atomic E-state index is -0.446. The lowest BCUT2D eigenvalue weighted by atomic mass is 9.85. The van der Waals surface area contributed by atoms with Crippen LogP contribution < -0.4 is 0 Å². The topological polar surface area (TPSA) is 26.3 Å². The molecule has 1 fully saturated rings. The SMILES string of the molecule is C#CC(OC(=O)c1cccc([S+](c2ccccc2)c2ccccc2)c1)C1CCCCC1. The third kappa shape index (κ3) is 5.21. The molecule has 0 N–H and O–H groups in total. The number of hydrogen-bond donors (Lipinski definition) is 0. The largest absolute Gasteiger partial charge is 0.445 e. The minimum Gasteiger partial charge on any atom is -0.445 e. The van der Waals surface area contributed by atoms with Crippen molar-refractivity contribution in [3.63, 3.8) is 0 Å². The third-order valence-electron chi connectivity index (χ3n) is 5.74. The molecule has 0 amide bonds. The number of carbonyl (C=O) groups excluding carboxylic acids is 1. The summed E-state index contributed by atoms with van der Waals surface area (Å²) in [4.78, 5) is 16.5. The lowest BCUT2D eigenvalue weighted by molar-refractivity contribution is 0.0252. The molecule has 1 atom stereocenters. The Kier molecular flexibility index (Phi) is 7.12. The Balaban J connectivity index is 1.61. The van der Waals surface area contributed by atoms with Crippen molar-refractivity contribution < 1.29 is 9.53 Å². The molecule has 0 spiro atoms. The minimum absolute atomic E-state index is 0.272. The van der Waals surface area contributed by atoms with Crippen LogP contribution in [0.25, 0.3) is 0 Å². The average molecular weight is 428 g/mol. The number of rotatable bonds is 6. The van der Waals surface area contributed by atoms with Gasteiger partial charge in [0.05, 0.1) is 16.5 Å². The standard InChI is InChI=1S/C28H27O2S/c1-2-27(22-13-6-3-7-14-22)30-28(29)23-15-12-20-26(21-23)31(24-16-8-4-9-17-24)25-18-10-5-11-19-25/h1,4-5,8-12,15-22,27H,3,6-7,13-14H2/q+1. The Morgan fingerprint density at radius 2 is 1.42 bits per heavy atom. The highest BCUT2D eigenvalue weighted by Gasteiger charge is 2.30. The molecule has 1 aliphatic carbocycles. The molecule has 0 aliphatic heterocycles. The van der Waals surface area contributed by atoms with E-state index in [1.54, 1.807) is 0 Å². The van der Waals surface area contributed by atoms with Crippen molar-refractivity contribution in [2.45, 2.75) is 52.9 Å². The van der Waals surface area contributed by atoms with Gasteiger partial charge in [0.15, 0.2) is 20.8 Å². The van der Waals surface area contributed by atoms with E-state index in [2.05, 4.69) is 60.5 Å². The van der Waals surface area contributed by atoms with Gasteiger partial charge in [-0.3, -0.25) is 0 Å². The van der Waals surface area contributed by atoms with Crippen molar-refractivity contribution in [2.24, 2.45) is 5.92 Å². The van der Waals surface area contributed by atoms with E-state index in [0.29, 0.717) is 5.56 Å². The maximum atomic E-state index is 13.0. The summed E-state index contributed by atoms with van der Waals surface area (Å²) in [6, 6.07) is 28.6. The number of carbonyl (C=O) groups is 1. The quantitative estimate of drug-likeness (QED) is 0.254. The van der Waals surface area contributed by atoms with Crippen LogP contribution in [-0.2, 0) is 15.6 Å². The first-order valence-electron chi connectivity index (χ1n) is 10.9. The van der Waals surface area contributed by atoms with E-state index in [1.807, 2.05) is 30.3 Å². The summed E-state index contributed by atoms with van der Waals surface area (Å²) in [5.74, 6) is 2.66. The zero-order valence-corrected chi connectivity index (χ0v) is 18.4. The van der Waals surface area contributed by atoms with Gasteiger partial charge in [0.25, 0.3) is 0 Å². The maximum Gasteiger partial charge on any atom is 0.339 e. The van der Waals surface area contributed by atoms with Crippen LogP contribution in [0.5, 0.6) is 0 Å². The lowest BCUT2D eigenvalue weighted by Crippen LogP contribution is -2.27. The van der Waals surface area contributed by atoms with Gasteiger partial charge in [0.1, 0.15) is 0 Å². The van der Waals surface area contributed by atoms with Crippen LogP contribution in [0.4, 0.5) is 0 Å². The average Bonchev–Trinajstić information content (AvgIpc) is 2.85. The number of ether oxygens (including phenoxy) is 1. The summed E-state index contributed by atoms with van der Waals surface area (Å²) >= 11 is 0. The molecule has 0 saturated heterocycles. The van der Waals surface area contributed by atoms with Crippen molar-refractivity contribution in [1.82, 2.24) is 0 Å². The van der Waals surface area contributed by atoms with Crippen LogP contribution in [0, 0.1) is 18.3 Å². The van der Waals surface area contributed by atoms with Gasteiger partial charge in [0.2, 0.25) is 0 Å². The van der Waals surface area contributed by atoms with Gasteiger partial charge in [-0.05, 0) is 49.2 Å². The molecular weight excluding hydrogens is 400 g/mol. The van der Waals surface area contributed by atoms with Crippen LogP contribution in [0.2, 0.25) is 0 Å². The maximum absolute atomic E-state index is 13.0. The van der Waals surface area contributed by atoms with E-state index in [-0.39, 0.29) is 22.8 Å². The first-order valence-corrected chi connectivity index (χ1v) is 12.1. The van der Waals surface area contributed by atoms with Crippen molar-refractivity contribution >= 4 is 16.9 Å². The second-order valence-corrected chi connectivity index (χ2v) is 9.88. The number of hydrogen-bond acceptors (Lipinski definition) is 2. The van der Waals surface area contributed by atoms with Crippen LogP contribution in [-0.4, -0.2) is 12.1 Å². The highest BCUT2D eigenvalue weighted by atomic mass is 32.2. The number of terminal acetylenes is 1. The zero-order chi connectivity index (χ0) is 21.5. The van der Waals surface area contributed by atoms with Gasteiger partial charge in [-0.25, -0.2) is 4.79 Å². The van der Waals surface area contributed by atoms with Crippen LogP contribution >= 0.6 is 0 Å². The Morgan fingerprint density at radius 3 is 2.00 bits per heavy atom. The van der Waals surface area contributed by atoms with Gasteiger partial charge in [-0.15, -0.1) is 6.42 Å². The molecule has 31 heavy (non-hydrogen) atoms. The van der Waals surface area contributed by atoms with E-state index in [0.717, 1.165) is 30.6 Å². The molecule has 0 radical (unpaired) electrons. The predicted octanol–water partition coefficient (Wildman–Crippen LogP) is 6.52. The molecule has 1 saturated carbocycles. The van der Waals surface area contributed by atoms with Crippen LogP contribution in [0.1, 0.15) is 42.5 Å². The summed E-state index contributed by atoms with van der Waals surface area (Å²) in [5.41, 5.74) is 0.554. The van der Waals surface area contributed by atoms with Gasteiger partial charge in [-0.1, -0.05) is 67.6 Å². The van der Waals surface area contributed by atoms with Crippen molar-refractivity contribution in [1.29, 1.82) is 0 Å². The molecule has 3 aromatic carbocycles. The molecule has 156 valence electrons. The van der Waals surface area contributed by atoms with E-state index < -0.39 is 6.10 Å². The Hall–Kier alpha value is -2.96. The second-order valence-electron chi connectivity index (χ2n) is 7.85. The smallest absolute Gasteiger partial charge is 0.339 e. The Morgan fingerprint density at radius 1 is 0.839 bits per heavy atom. The normalized spacial score (nSPS) is 15.2. The van der Waals surface area contributed by atoms with Crippen molar-refractivity contribution in [2.75, 3.05) is 0 Å². The first-order chi connectivity index (χ1) is 15.3. The predicted molar refractivity (Wildman–Crippen MR) is 126 cm³/mol. The fourth-order valence-electron chi connectivity index (χ4n) is 4.16. The fraction of sp³-hybridized carbons (Fsp3) is 0.250. The van der Waals surface area contributed by atoms with Gasteiger partial charge in [-0.2, -0.15) is 0 Å². The highest BCUT2D eigenvalue weighted by Crippen LogP contribution is 2.32. The highest BCUT2D eigenvalue weighted by molar-refractivity contribution is 7.97. The van der Waals surface area contributed by atoms with E-state index in [4.69, 9.17) is 11.2 Å². The molecule has 0 bridgehead atoms. The van der Waals surface area contributed by atoms with E-state index in [9.17, 15) is 4.79 Å². The van der Waals surface area contributed by atoms with E-state index >= 15 is 0 Å². The van der Waals surface area contributed by atoms with Gasteiger partial charge < -0.3 is 4.74 Å². The summed E-state index contributed by atoms with van der Waals surface area (Å²) in [6.45, 7) is 0. The van der Waals surface area contributed by atoms with E-state index in [1.165, 1.54) is 16.2 Å². The van der Waals surface area contributed by atoms with Crippen LogP contribution in [0.15, 0.2) is 99.6 Å². The number of esters is 1. The number of benzene rings is 3. The molecule has 0 heterocycles. The molecule has 2 nitrogen and oxygen atoms in total. The molecule has 4 rings (SSSR count). The lowest BCUT2D eigenvalue weighted by Gasteiger charge is -2.26. The van der Waals surface area contributed by atoms with Gasteiger partial charge in [0, 0.05) is 12.0 Å². The molecule has 1 unspecified atom stereocenters. The fourth-order valence-corrected chi connectivity index (χ4v) is 6.29. The van der Waals surface area contributed by atoms with Crippen LogP contribution in [0.3, 0.4) is 0 Å².